The van der Waals surface area contributed by atoms with Gasteiger partial charge in [0.25, 0.3) is 0 Å². The van der Waals surface area contributed by atoms with Crippen molar-refractivity contribution < 1.29 is 9.84 Å². The van der Waals surface area contributed by atoms with Crippen LogP contribution >= 0.6 is 0 Å². The number of pyridine rings is 1. The Hall–Kier alpha value is -2.33. The highest BCUT2D eigenvalue weighted by molar-refractivity contribution is 5.83. The molecule has 0 saturated carbocycles. The minimum Gasteiger partial charge on any atom is -0.473 e. The molecule has 0 aliphatic heterocycles. The SMILES string of the molecule is OCCCc1c[nH]c2cnc(OCc3ccccc3)cc12. The van der Waals surface area contributed by atoms with Gasteiger partial charge in [-0.05, 0) is 24.0 Å². The van der Waals surface area contributed by atoms with Crippen LogP contribution in [0.25, 0.3) is 10.9 Å². The predicted octanol–water partition coefficient (Wildman–Crippen LogP) is 3.07. The van der Waals surface area contributed by atoms with Crippen LogP contribution in [0.1, 0.15) is 17.5 Å². The molecule has 0 saturated heterocycles. The topological polar surface area (TPSA) is 58.1 Å². The van der Waals surface area contributed by atoms with Gasteiger partial charge in [0.2, 0.25) is 5.88 Å². The number of hydrogen-bond donors (Lipinski definition) is 2. The van der Waals surface area contributed by atoms with Crippen LogP contribution in [0.5, 0.6) is 5.88 Å². The van der Waals surface area contributed by atoms with Crippen molar-refractivity contribution in [2.45, 2.75) is 19.4 Å². The van der Waals surface area contributed by atoms with E-state index in [4.69, 9.17) is 9.84 Å². The number of rotatable bonds is 6. The fourth-order valence-electron chi connectivity index (χ4n) is 2.35. The first-order valence-electron chi connectivity index (χ1n) is 7.10. The lowest BCUT2D eigenvalue weighted by molar-refractivity contribution is 0.288. The number of aliphatic hydroxyl groups is 1. The lowest BCUT2D eigenvalue weighted by Crippen LogP contribution is -1.97. The predicted molar refractivity (Wildman–Crippen MR) is 82.3 cm³/mol. The van der Waals surface area contributed by atoms with Crippen LogP contribution in [-0.4, -0.2) is 21.7 Å². The highest BCUT2D eigenvalue weighted by Gasteiger charge is 2.06. The van der Waals surface area contributed by atoms with Crippen LogP contribution < -0.4 is 4.74 Å². The maximum absolute atomic E-state index is 8.95. The summed E-state index contributed by atoms with van der Waals surface area (Å²) in [5.41, 5.74) is 3.30. The Labute approximate surface area is 123 Å². The maximum Gasteiger partial charge on any atom is 0.214 e. The zero-order valence-corrected chi connectivity index (χ0v) is 11.7. The van der Waals surface area contributed by atoms with Gasteiger partial charge in [-0.2, -0.15) is 0 Å². The van der Waals surface area contributed by atoms with E-state index in [1.165, 1.54) is 5.56 Å². The molecule has 2 heterocycles. The standard InChI is InChI=1S/C17H18N2O2/c20-8-4-7-14-10-18-16-11-19-17(9-15(14)16)21-12-13-5-2-1-3-6-13/h1-3,5-6,9-11,18,20H,4,7-8,12H2. The number of H-pyrrole nitrogens is 1. The summed E-state index contributed by atoms with van der Waals surface area (Å²) in [5.74, 6) is 0.621. The van der Waals surface area contributed by atoms with Crippen LogP contribution in [0.2, 0.25) is 0 Å². The van der Waals surface area contributed by atoms with E-state index in [0.717, 1.165) is 29.3 Å². The largest absolute Gasteiger partial charge is 0.473 e. The second-order valence-electron chi connectivity index (χ2n) is 4.98. The summed E-state index contributed by atoms with van der Waals surface area (Å²) >= 11 is 0. The first kappa shape index (κ1) is 13.6. The summed E-state index contributed by atoms with van der Waals surface area (Å²) in [6.07, 6.45) is 5.37. The molecule has 2 N–H and O–H groups in total. The third kappa shape index (κ3) is 3.23. The lowest BCUT2D eigenvalue weighted by atomic mass is 10.1. The van der Waals surface area contributed by atoms with Crippen LogP contribution in [0.15, 0.2) is 48.8 Å². The fourth-order valence-corrected chi connectivity index (χ4v) is 2.35. The Kier molecular flexibility index (Phi) is 4.17. The molecule has 0 amide bonds. The molecule has 0 radical (unpaired) electrons. The summed E-state index contributed by atoms with van der Waals surface area (Å²) in [7, 11) is 0. The van der Waals surface area contributed by atoms with Gasteiger partial charge in [-0.1, -0.05) is 30.3 Å². The number of aliphatic hydroxyl groups excluding tert-OH is 1. The third-order valence-electron chi connectivity index (χ3n) is 3.46. The quantitative estimate of drug-likeness (QED) is 0.730. The van der Waals surface area contributed by atoms with Crippen LogP contribution in [0, 0.1) is 0 Å². The summed E-state index contributed by atoms with van der Waals surface area (Å²) in [6.45, 7) is 0.713. The number of ether oxygens (including phenoxy) is 1. The molecule has 0 unspecified atom stereocenters. The normalized spacial score (nSPS) is 10.9. The first-order chi connectivity index (χ1) is 10.4. The number of fused-ring (bicyclic) bond motifs is 1. The van der Waals surface area contributed by atoms with Gasteiger partial charge in [0.05, 0.1) is 11.7 Å². The number of nitrogens with zero attached hydrogens (tertiary/aromatic N) is 1. The minimum atomic E-state index is 0.203. The smallest absolute Gasteiger partial charge is 0.214 e. The number of aryl methyl sites for hydroxylation is 1. The van der Waals surface area contributed by atoms with Crippen molar-refractivity contribution in [3.05, 3.63) is 59.9 Å². The molecule has 0 spiro atoms. The summed E-state index contributed by atoms with van der Waals surface area (Å²) < 4.78 is 5.75. The molecule has 4 heteroatoms. The van der Waals surface area contributed by atoms with Gasteiger partial charge in [-0.15, -0.1) is 0 Å². The molecular formula is C17H18N2O2. The molecule has 3 aromatic rings. The van der Waals surface area contributed by atoms with Crippen molar-refractivity contribution in [2.75, 3.05) is 6.61 Å². The molecule has 0 aliphatic rings. The molecule has 21 heavy (non-hydrogen) atoms. The Balaban J connectivity index is 1.76. The lowest BCUT2D eigenvalue weighted by Gasteiger charge is -2.06. The molecule has 0 atom stereocenters. The van der Waals surface area contributed by atoms with E-state index in [1.54, 1.807) is 6.20 Å². The highest BCUT2D eigenvalue weighted by atomic mass is 16.5. The van der Waals surface area contributed by atoms with Gasteiger partial charge in [-0.25, -0.2) is 4.98 Å². The molecule has 3 rings (SSSR count). The minimum absolute atomic E-state index is 0.203. The Morgan fingerprint density at radius 1 is 1.19 bits per heavy atom. The van der Waals surface area contributed by atoms with E-state index < -0.39 is 0 Å². The van der Waals surface area contributed by atoms with Gasteiger partial charge in [0, 0.05) is 24.3 Å². The van der Waals surface area contributed by atoms with Crippen molar-refractivity contribution in [1.29, 1.82) is 0 Å². The Morgan fingerprint density at radius 3 is 2.86 bits per heavy atom. The maximum atomic E-state index is 8.95. The van der Waals surface area contributed by atoms with E-state index in [2.05, 4.69) is 9.97 Å². The summed E-state index contributed by atoms with van der Waals surface area (Å²) in [5, 5.41) is 10.1. The molecule has 0 fully saturated rings. The number of benzene rings is 1. The van der Waals surface area contributed by atoms with E-state index >= 15 is 0 Å². The molecule has 1 aromatic carbocycles. The van der Waals surface area contributed by atoms with Crippen molar-refractivity contribution in [2.24, 2.45) is 0 Å². The third-order valence-corrected chi connectivity index (χ3v) is 3.46. The van der Waals surface area contributed by atoms with E-state index in [9.17, 15) is 0 Å². The molecule has 108 valence electrons. The summed E-state index contributed by atoms with van der Waals surface area (Å²) in [6, 6.07) is 12.0. The van der Waals surface area contributed by atoms with Crippen LogP contribution in [0.3, 0.4) is 0 Å². The Morgan fingerprint density at radius 2 is 2.05 bits per heavy atom. The van der Waals surface area contributed by atoms with E-state index in [-0.39, 0.29) is 6.61 Å². The summed E-state index contributed by atoms with van der Waals surface area (Å²) in [4.78, 5) is 7.51. The number of nitrogens with one attached hydrogen (secondary N) is 1. The fraction of sp³-hybridized carbons (Fsp3) is 0.235. The van der Waals surface area contributed by atoms with Gasteiger partial charge in [0.15, 0.2) is 0 Å². The van der Waals surface area contributed by atoms with Crippen molar-refractivity contribution >= 4 is 10.9 Å². The zero-order valence-electron chi connectivity index (χ0n) is 11.7. The van der Waals surface area contributed by atoms with Crippen molar-refractivity contribution in [1.82, 2.24) is 9.97 Å². The molecule has 4 nitrogen and oxygen atoms in total. The Bertz CT molecular complexity index is 707. The number of hydrogen-bond acceptors (Lipinski definition) is 3. The molecular weight excluding hydrogens is 264 g/mol. The second kappa shape index (κ2) is 6.41. The van der Waals surface area contributed by atoms with Gasteiger partial charge in [0.1, 0.15) is 6.61 Å². The first-order valence-corrected chi connectivity index (χ1v) is 7.10. The van der Waals surface area contributed by atoms with E-state index in [0.29, 0.717) is 12.5 Å². The molecule has 0 bridgehead atoms. The zero-order chi connectivity index (χ0) is 14.5. The van der Waals surface area contributed by atoms with Gasteiger partial charge >= 0.3 is 0 Å². The van der Waals surface area contributed by atoms with E-state index in [1.807, 2.05) is 42.6 Å². The number of aromatic amines is 1. The van der Waals surface area contributed by atoms with Crippen molar-refractivity contribution in [3.8, 4) is 5.88 Å². The van der Waals surface area contributed by atoms with Crippen LogP contribution in [-0.2, 0) is 13.0 Å². The monoisotopic (exact) mass is 282 g/mol. The highest BCUT2D eigenvalue weighted by Crippen LogP contribution is 2.23. The molecule has 0 aliphatic carbocycles. The van der Waals surface area contributed by atoms with Crippen LogP contribution in [0.4, 0.5) is 0 Å². The molecule has 2 aromatic heterocycles. The van der Waals surface area contributed by atoms with Gasteiger partial charge in [-0.3, -0.25) is 0 Å². The number of aromatic nitrogens is 2. The second-order valence-corrected chi connectivity index (χ2v) is 4.98. The average Bonchev–Trinajstić information content (AvgIpc) is 2.94. The van der Waals surface area contributed by atoms with Gasteiger partial charge < -0.3 is 14.8 Å². The van der Waals surface area contributed by atoms with Crippen molar-refractivity contribution in [3.63, 3.8) is 0 Å². The average molecular weight is 282 g/mol.